The van der Waals surface area contributed by atoms with Crippen LogP contribution in [0, 0.1) is 5.92 Å². The van der Waals surface area contributed by atoms with Gasteiger partial charge in [0.05, 0.1) is 16.1 Å². The van der Waals surface area contributed by atoms with Gasteiger partial charge in [0.15, 0.2) is 5.78 Å². The topological polar surface area (TPSA) is 46.7 Å². The molecule has 0 unspecified atom stereocenters. The van der Waals surface area contributed by atoms with Crippen molar-refractivity contribution in [2.75, 3.05) is 0 Å². The first-order valence-corrected chi connectivity index (χ1v) is 9.95. The Morgan fingerprint density at radius 2 is 1.89 bits per heavy atom. The van der Waals surface area contributed by atoms with E-state index in [0.717, 1.165) is 40.7 Å². The van der Waals surface area contributed by atoms with E-state index in [4.69, 9.17) is 0 Å². The first kappa shape index (κ1) is 17.6. The molecule has 3 aromatic rings. The Balaban J connectivity index is 1.55. The molecule has 2 aromatic carbocycles. The van der Waals surface area contributed by atoms with E-state index in [2.05, 4.69) is 22.3 Å². The molecule has 1 heterocycles. The van der Waals surface area contributed by atoms with Crippen LogP contribution in [-0.4, -0.2) is 16.6 Å². The Kier molecular flexibility index (Phi) is 5.12. The van der Waals surface area contributed by atoms with Crippen molar-refractivity contribution in [3.8, 4) is 0 Å². The van der Waals surface area contributed by atoms with Gasteiger partial charge in [0.2, 0.25) is 4.80 Å². The lowest BCUT2D eigenvalue weighted by Gasteiger charge is -2.19. The van der Waals surface area contributed by atoms with Gasteiger partial charge in [-0.1, -0.05) is 53.8 Å². The number of aryl methyl sites for hydroxylation is 1. The minimum absolute atomic E-state index is 0.171. The largest absolute Gasteiger partial charge is 0.318 e. The fourth-order valence-electron chi connectivity index (χ4n) is 3.38. The zero-order chi connectivity index (χ0) is 18.6. The number of ketones is 1. The van der Waals surface area contributed by atoms with Gasteiger partial charge in [-0.05, 0) is 48.6 Å². The van der Waals surface area contributed by atoms with Crippen LogP contribution in [0.25, 0.3) is 16.3 Å². The minimum atomic E-state index is -0.183. The number of Topliss-reactive ketones (excluding diaryl/α,β-unsaturated/α-hetero) is 1. The normalized spacial score (nSPS) is 20.2. The molecule has 27 heavy (non-hydrogen) atoms. The summed E-state index contributed by atoms with van der Waals surface area (Å²) in [7, 11) is 1.99. The van der Waals surface area contributed by atoms with Crippen molar-refractivity contribution in [3.63, 3.8) is 0 Å². The molecular formula is C22H21N3OS. The molecule has 4 nitrogen and oxygen atoms in total. The summed E-state index contributed by atoms with van der Waals surface area (Å²) in [4.78, 5) is 13.6. The Morgan fingerprint density at radius 1 is 1.11 bits per heavy atom. The zero-order valence-corrected chi connectivity index (χ0v) is 16.0. The van der Waals surface area contributed by atoms with Gasteiger partial charge in [-0.3, -0.25) is 4.79 Å². The Labute approximate surface area is 162 Å². The first-order chi connectivity index (χ1) is 13.2. The number of allylic oxidation sites excluding steroid dienone is 1. The van der Waals surface area contributed by atoms with E-state index in [0.29, 0.717) is 0 Å². The standard InChI is InChI=1S/C22H21N3OS/c1-25-19-12-5-6-13-20(19)27-22(25)24-23-15-18-11-7-10-17(21(18)26)14-16-8-3-2-4-9-16/h2-6,8-9,12-15,18H,7,10-11H2,1H3/t18-/m0/s1. The molecule has 0 aliphatic heterocycles. The van der Waals surface area contributed by atoms with Gasteiger partial charge >= 0.3 is 0 Å². The van der Waals surface area contributed by atoms with Crippen LogP contribution in [0.2, 0.25) is 0 Å². The first-order valence-electron chi connectivity index (χ1n) is 9.14. The van der Waals surface area contributed by atoms with Crippen molar-refractivity contribution in [3.05, 3.63) is 70.5 Å². The van der Waals surface area contributed by atoms with Crippen LogP contribution >= 0.6 is 11.3 Å². The number of para-hydroxylation sites is 1. The second-order valence-corrected chi connectivity index (χ2v) is 7.73. The van der Waals surface area contributed by atoms with Crippen LogP contribution in [0.4, 0.5) is 0 Å². The number of nitrogens with zero attached hydrogens (tertiary/aromatic N) is 3. The third-order valence-electron chi connectivity index (χ3n) is 4.86. The molecule has 1 fully saturated rings. The molecule has 0 amide bonds. The van der Waals surface area contributed by atoms with E-state index < -0.39 is 0 Å². The monoisotopic (exact) mass is 375 g/mol. The number of hydrogen-bond donors (Lipinski definition) is 0. The third-order valence-corrected chi connectivity index (χ3v) is 5.96. The smallest absolute Gasteiger partial charge is 0.211 e. The number of aromatic nitrogens is 1. The van der Waals surface area contributed by atoms with Crippen molar-refractivity contribution in [2.24, 2.45) is 23.2 Å². The molecule has 1 atom stereocenters. The van der Waals surface area contributed by atoms with Gasteiger partial charge in [0.25, 0.3) is 0 Å². The molecule has 1 saturated carbocycles. The highest BCUT2D eigenvalue weighted by atomic mass is 32.1. The number of benzene rings is 2. The zero-order valence-electron chi connectivity index (χ0n) is 15.2. The van der Waals surface area contributed by atoms with Crippen LogP contribution in [0.3, 0.4) is 0 Å². The maximum absolute atomic E-state index is 12.8. The maximum Gasteiger partial charge on any atom is 0.211 e. The van der Waals surface area contributed by atoms with Crippen molar-refractivity contribution < 1.29 is 4.79 Å². The van der Waals surface area contributed by atoms with Crippen LogP contribution < -0.4 is 4.80 Å². The van der Waals surface area contributed by atoms with E-state index in [1.54, 1.807) is 17.6 Å². The molecule has 4 rings (SSSR count). The van der Waals surface area contributed by atoms with Crippen molar-refractivity contribution >= 4 is 39.6 Å². The highest BCUT2D eigenvalue weighted by Gasteiger charge is 2.25. The van der Waals surface area contributed by atoms with Gasteiger partial charge in [-0.25, -0.2) is 0 Å². The lowest BCUT2D eigenvalue weighted by Crippen LogP contribution is -2.22. The average Bonchev–Trinajstić information content (AvgIpc) is 3.02. The molecule has 1 aliphatic carbocycles. The molecule has 0 saturated heterocycles. The van der Waals surface area contributed by atoms with E-state index in [9.17, 15) is 4.79 Å². The van der Waals surface area contributed by atoms with E-state index in [1.807, 2.05) is 60.2 Å². The summed E-state index contributed by atoms with van der Waals surface area (Å²) in [6.45, 7) is 0. The maximum atomic E-state index is 12.8. The quantitative estimate of drug-likeness (QED) is 0.375. The number of thiazole rings is 1. The molecule has 0 radical (unpaired) electrons. The predicted molar refractivity (Wildman–Crippen MR) is 112 cm³/mol. The Bertz CT molecular complexity index is 1090. The van der Waals surface area contributed by atoms with Gasteiger partial charge in [0.1, 0.15) is 0 Å². The van der Waals surface area contributed by atoms with E-state index >= 15 is 0 Å². The summed E-state index contributed by atoms with van der Waals surface area (Å²) in [5, 5.41) is 8.61. The van der Waals surface area contributed by atoms with Gasteiger partial charge < -0.3 is 4.57 Å². The van der Waals surface area contributed by atoms with Gasteiger partial charge in [-0.15, -0.1) is 5.10 Å². The molecule has 0 spiro atoms. The van der Waals surface area contributed by atoms with Crippen LogP contribution in [0.15, 0.2) is 70.4 Å². The van der Waals surface area contributed by atoms with Crippen LogP contribution in [-0.2, 0) is 11.8 Å². The number of carbonyl (C=O) groups is 1. The lowest BCUT2D eigenvalue weighted by molar-refractivity contribution is -0.118. The van der Waals surface area contributed by atoms with Crippen molar-refractivity contribution in [2.45, 2.75) is 19.3 Å². The number of rotatable bonds is 3. The number of fused-ring (bicyclic) bond motifs is 1. The van der Waals surface area contributed by atoms with Gasteiger partial charge in [0, 0.05) is 13.3 Å². The summed E-state index contributed by atoms with van der Waals surface area (Å²) < 4.78 is 3.21. The molecule has 0 N–H and O–H groups in total. The highest BCUT2D eigenvalue weighted by Crippen LogP contribution is 2.26. The second kappa shape index (κ2) is 7.84. The Morgan fingerprint density at radius 3 is 2.70 bits per heavy atom. The van der Waals surface area contributed by atoms with Crippen molar-refractivity contribution in [1.82, 2.24) is 4.57 Å². The molecule has 136 valence electrons. The second-order valence-electron chi connectivity index (χ2n) is 6.72. The van der Waals surface area contributed by atoms with Crippen LogP contribution in [0.5, 0.6) is 0 Å². The number of hydrogen-bond acceptors (Lipinski definition) is 4. The predicted octanol–water partition coefficient (Wildman–Crippen LogP) is 4.58. The van der Waals surface area contributed by atoms with Crippen molar-refractivity contribution in [1.29, 1.82) is 0 Å². The minimum Gasteiger partial charge on any atom is -0.318 e. The molecule has 1 aromatic heterocycles. The molecular weight excluding hydrogens is 354 g/mol. The van der Waals surface area contributed by atoms with Crippen LogP contribution in [0.1, 0.15) is 24.8 Å². The summed E-state index contributed by atoms with van der Waals surface area (Å²) in [5.41, 5.74) is 3.09. The number of carbonyl (C=O) groups excluding carboxylic acids is 1. The van der Waals surface area contributed by atoms with Gasteiger partial charge in [-0.2, -0.15) is 5.10 Å². The fraction of sp³-hybridized carbons (Fsp3) is 0.227. The summed E-state index contributed by atoms with van der Waals surface area (Å²) in [5.74, 6) is -0.0121. The highest BCUT2D eigenvalue weighted by molar-refractivity contribution is 7.16. The third kappa shape index (κ3) is 3.83. The molecule has 1 aliphatic rings. The Hall–Kier alpha value is -2.79. The summed E-state index contributed by atoms with van der Waals surface area (Å²) >= 11 is 1.60. The lowest BCUT2D eigenvalue weighted by atomic mass is 9.84. The molecule has 0 bridgehead atoms. The fourth-order valence-corrected chi connectivity index (χ4v) is 4.36. The average molecular weight is 375 g/mol. The summed E-state index contributed by atoms with van der Waals surface area (Å²) in [6.07, 6.45) is 6.39. The molecule has 5 heteroatoms. The SMILES string of the molecule is Cn1c(=NN=C[C@@H]2CCCC(=Cc3ccccc3)C2=O)sc2ccccc21. The summed E-state index contributed by atoms with van der Waals surface area (Å²) in [6, 6.07) is 18.2. The van der Waals surface area contributed by atoms with E-state index in [1.165, 1.54) is 4.70 Å². The van der Waals surface area contributed by atoms with E-state index in [-0.39, 0.29) is 11.7 Å².